The average Bonchev–Trinajstić information content (AvgIpc) is 2.89. The van der Waals surface area contributed by atoms with Crippen molar-refractivity contribution in [3.05, 3.63) is 57.0 Å². The van der Waals surface area contributed by atoms with Crippen LogP contribution in [0.15, 0.2) is 29.1 Å². The summed E-state index contributed by atoms with van der Waals surface area (Å²) in [5.74, 6) is 0.126. The molecule has 11 nitrogen and oxygen atoms in total. The standard InChI is InChI=1S/C26H33N9O2.K/c1-4-35-24(28)23-20(29-3)14-18(15-21(23)32-26(35)37)16-33-10-12-34(13-11-33)22-7-6-19(31-17(22)2)25(36)30-9-5-8-27;/h6-7,14-15H,4-5,9-13,16H2,1-3H3,(H4,28,29,30,32,36,37);/q;+1/p-1. The van der Waals surface area contributed by atoms with Crippen LogP contribution in [0.25, 0.3) is 16.2 Å². The number of pyridine rings is 1. The van der Waals surface area contributed by atoms with Gasteiger partial charge >= 0.3 is 57.1 Å². The fraction of sp³-hybridized carbons (Fsp3) is 0.423. The number of nitrogen functional groups attached to an aromatic ring is 1. The van der Waals surface area contributed by atoms with Gasteiger partial charge < -0.3 is 21.3 Å². The van der Waals surface area contributed by atoms with Gasteiger partial charge in [0.05, 0.1) is 29.4 Å². The summed E-state index contributed by atoms with van der Waals surface area (Å²) < 4.78 is 1.46. The number of hydrogen-bond donors (Lipinski definition) is 2. The van der Waals surface area contributed by atoms with Crippen molar-refractivity contribution in [2.75, 3.05) is 50.4 Å². The third-order valence-corrected chi connectivity index (χ3v) is 6.64. The summed E-state index contributed by atoms with van der Waals surface area (Å²) in [4.78, 5) is 38.0. The molecule has 0 atom stereocenters. The number of nitrogens with one attached hydrogen (secondary N) is 1. The molecule has 3 N–H and O–H groups in total. The van der Waals surface area contributed by atoms with E-state index < -0.39 is 0 Å². The van der Waals surface area contributed by atoms with E-state index in [4.69, 9.17) is 11.0 Å². The number of nitrogens with zero attached hydrogens (tertiary/aromatic N) is 7. The zero-order valence-corrected chi connectivity index (χ0v) is 25.6. The molecule has 0 unspecified atom stereocenters. The van der Waals surface area contributed by atoms with E-state index in [1.54, 1.807) is 13.1 Å². The molecule has 3 heterocycles. The van der Waals surface area contributed by atoms with E-state index >= 15 is 0 Å². The Hall–Kier alpha value is -2.53. The van der Waals surface area contributed by atoms with E-state index in [1.807, 2.05) is 38.1 Å². The van der Waals surface area contributed by atoms with Crippen LogP contribution in [0.5, 0.6) is 0 Å². The van der Waals surface area contributed by atoms with E-state index in [9.17, 15) is 9.59 Å². The third-order valence-electron chi connectivity index (χ3n) is 6.64. The van der Waals surface area contributed by atoms with E-state index in [-0.39, 0.29) is 69.4 Å². The molecule has 0 bridgehead atoms. The van der Waals surface area contributed by atoms with Crippen LogP contribution >= 0.6 is 0 Å². The number of rotatable bonds is 8. The first-order valence-electron chi connectivity index (χ1n) is 12.4. The van der Waals surface area contributed by atoms with Crippen LogP contribution < -0.4 is 73.0 Å². The van der Waals surface area contributed by atoms with Crippen molar-refractivity contribution in [2.24, 2.45) is 0 Å². The Labute approximate surface area is 264 Å². The van der Waals surface area contributed by atoms with Crippen molar-refractivity contribution < 1.29 is 56.2 Å². The number of nitriles is 1. The van der Waals surface area contributed by atoms with Crippen molar-refractivity contribution in [3.8, 4) is 6.07 Å². The number of aromatic nitrogens is 3. The molecule has 2 aromatic heterocycles. The number of carbonyl (C=O) groups excluding carboxylic acids is 1. The fourth-order valence-electron chi connectivity index (χ4n) is 4.74. The SMILES string of the molecule is CCn1c(N)c2c([N-]C)cc(CN3CCN(c4ccc(C(=O)NCCC#N)nc4C)CC3)cc2nc1=O.[K+]. The molecule has 194 valence electrons. The average molecular weight is 542 g/mol. The van der Waals surface area contributed by atoms with Gasteiger partial charge in [-0.1, -0.05) is 6.07 Å². The Morgan fingerprint density at radius 1 is 1.21 bits per heavy atom. The van der Waals surface area contributed by atoms with Crippen LogP contribution in [-0.4, -0.2) is 65.1 Å². The van der Waals surface area contributed by atoms with Gasteiger partial charge in [-0.3, -0.25) is 14.3 Å². The van der Waals surface area contributed by atoms with Crippen LogP contribution in [0.1, 0.15) is 35.1 Å². The second kappa shape index (κ2) is 13.5. The Kier molecular flexibility index (Phi) is 10.7. The largest absolute Gasteiger partial charge is 1.00 e. The summed E-state index contributed by atoms with van der Waals surface area (Å²) >= 11 is 0. The van der Waals surface area contributed by atoms with Crippen molar-refractivity contribution >= 4 is 34.0 Å². The summed E-state index contributed by atoms with van der Waals surface area (Å²) in [7, 11) is 1.72. The number of carbonyl (C=O) groups is 1. The summed E-state index contributed by atoms with van der Waals surface area (Å²) in [6.07, 6.45) is 0.268. The number of piperazine rings is 1. The van der Waals surface area contributed by atoms with Gasteiger partial charge in [-0.2, -0.15) is 10.2 Å². The second-order valence-corrected chi connectivity index (χ2v) is 8.98. The molecule has 1 amide bonds. The Bertz CT molecular complexity index is 1410. The monoisotopic (exact) mass is 541 g/mol. The molecule has 0 radical (unpaired) electrons. The molecule has 1 aliphatic heterocycles. The molecule has 1 fully saturated rings. The van der Waals surface area contributed by atoms with E-state index in [0.717, 1.165) is 48.8 Å². The molecule has 0 spiro atoms. The van der Waals surface area contributed by atoms with Gasteiger partial charge in [0.2, 0.25) is 0 Å². The minimum Gasteiger partial charge on any atom is -0.686 e. The van der Waals surface area contributed by atoms with Gasteiger partial charge in [0, 0.05) is 51.2 Å². The molecule has 0 aliphatic carbocycles. The van der Waals surface area contributed by atoms with Crippen LogP contribution in [0.2, 0.25) is 0 Å². The van der Waals surface area contributed by atoms with Crippen LogP contribution in [-0.2, 0) is 13.1 Å². The Balaban J connectivity index is 0.00000400. The number of aryl methyl sites for hydroxylation is 1. The maximum absolute atomic E-state index is 12.4. The first-order chi connectivity index (χ1) is 17.9. The molecule has 4 rings (SSSR count). The van der Waals surface area contributed by atoms with Gasteiger partial charge in [0.25, 0.3) is 5.91 Å². The minimum absolute atomic E-state index is 0. The van der Waals surface area contributed by atoms with E-state index in [1.165, 1.54) is 4.57 Å². The van der Waals surface area contributed by atoms with E-state index in [0.29, 0.717) is 42.0 Å². The van der Waals surface area contributed by atoms with Crippen molar-refractivity contribution in [2.45, 2.75) is 33.4 Å². The predicted octanol–water partition coefficient (Wildman–Crippen LogP) is -0.693. The molecule has 1 aromatic carbocycles. The van der Waals surface area contributed by atoms with Crippen molar-refractivity contribution in [3.63, 3.8) is 0 Å². The molecular weight excluding hydrogens is 509 g/mol. The minimum atomic E-state index is -0.352. The fourth-order valence-corrected chi connectivity index (χ4v) is 4.74. The summed E-state index contributed by atoms with van der Waals surface area (Å²) in [6, 6.07) is 9.63. The van der Waals surface area contributed by atoms with Crippen LogP contribution in [0.3, 0.4) is 0 Å². The Morgan fingerprint density at radius 2 is 1.95 bits per heavy atom. The zero-order chi connectivity index (χ0) is 26.5. The molecule has 12 heteroatoms. The van der Waals surface area contributed by atoms with Gasteiger partial charge in [-0.05, 0) is 37.6 Å². The number of anilines is 2. The summed E-state index contributed by atoms with van der Waals surface area (Å²) in [5, 5.41) is 16.5. The third kappa shape index (κ3) is 6.54. The second-order valence-electron chi connectivity index (χ2n) is 8.98. The number of hydrogen-bond acceptors (Lipinski definition) is 8. The van der Waals surface area contributed by atoms with E-state index in [2.05, 4.69) is 30.4 Å². The number of benzene rings is 1. The first-order valence-corrected chi connectivity index (χ1v) is 12.4. The van der Waals surface area contributed by atoms with Crippen LogP contribution in [0.4, 0.5) is 17.2 Å². The first kappa shape index (κ1) is 30.0. The molecule has 38 heavy (non-hydrogen) atoms. The van der Waals surface area contributed by atoms with Gasteiger partial charge in [-0.25, -0.2) is 9.78 Å². The molecular formula is C26H32KN9O2. The molecule has 0 saturated carbocycles. The normalized spacial score (nSPS) is 13.6. The number of amides is 1. The molecule has 1 saturated heterocycles. The number of nitrogens with two attached hydrogens (primary N) is 1. The molecule has 3 aromatic rings. The zero-order valence-electron chi connectivity index (χ0n) is 22.5. The number of fused-ring (bicyclic) bond motifs is 1. The quantitative estimate of drug-likeness (QED) is 0.281. The predicted molar refractivity (Wildman–Crippen MR) is 144 cm³/mol. The molecule has 1 aliphatic rings. The summed E-state index contributed by atoms with van der Waals surface area (Å²) in [6.45, 7) is 8.58. The van der Waals surface area contributed by atoms with Crippen molar-refractivity contribution in [1.29, 1.82) is 5.26 Å². The smallest absolute Gasteiger partial charge is 0.686 e. The van der Waals surface area contributed by atoms with Gasteiger partial charge in [-0.15, -0.1) is 12.7 Å². The Morgan fingerprint density at radius 3 is 2.58 bits per heavy atom. The van der Waals surface area contributed by atoms with Gasteiger partial charge in [0.1, 0.15) is 11.5 Å². The maximum atomic E-state index is 12.4. The van der Waals surface area contributed by atoms with Gasteiger partial charge in [0.15, 0.2) is 0 Å². The van der Waals surface area contributed by atoms with Crippen LogP contribution in [0, 0.1) is 18.3 Å². The maximum Gasteiger partial charge on any atom is 1.00 e. The van der Waals surface area contributed by atoms with Crippen molar-refractivity contribution in [1.82, 2.24) is 24.8 Å². The summed E-state index contributed by atoms with van der Waals surface area (Å²) in [5.41, 5.74) is 10.4. The topological polar surface area (TPSA) is 147 Å².